The molecule has 108 valence electrons. The van der Waals surface area contributed by atoms with E-state index in [1.54, 1.807) is 7.11 Å². The van der Waals surface area contributed by atoms with Gasteiger partial charge in [-0.3, -0.25) is 0 Å². The Morgan fingerprint density at radius 2 is 2.11 bits per heavy atom. The Balaban J connectivity index is 2.75. The molecule has 0 amide bonds. The minimum atomic E-state index is -2.92. The normalized spacial score (nSPS) is 26.7. The number of hydrogen-bond acceptors (Lipinski definition) is 4. The molecule has 1 saturated heterocycles. The van der Waals surface area contributed by atoms with Gasteiger partial charge >= 0.3 is 0 Å². The van der Waals surface area contributed by atoms with Crippen LogP contribution in [-0.4, -0.2) is 45.7 Å². The number of sulfone groups is 1. The second-order valence-electron chi connectivity index (χ2n) is 5.24. The zero-order valence-corrected chi connectivity index (χ0v) is 12.6. The third kappa shape index (κ3) is 4.21. The molecule has 4 nitrogen and oxygen atoms in total. The van der Waals surface area contributed by atoms with Crippen molar-refractivity contribution in [3.63, 3.8) is 0 Å². The molecule has 0 aromatic heterocycles. The Labute approximate surface area is 111 Å². The van der Waals surface area contributed by atoms with E-state index in [9.17, 15) is 8.42 Å². The third-order valence-corrected chi connectivity index (χ3v) is 6.17. The zero-order chi connectivity index (χ0) is 13.6. The van der Waals surface area contributed by atoms with Gasteiger partial charge in [0, 0.05) is 19.8 Å². The van der Waals surface area contributed by atoms with E-state index in [0.29, 0.717) is 18.3 Å². The summed E-state index contributed by atoms with van der Waals surface area (Å²) in [4.78, 5) is 0. The summed E-state index contributed by atoms with van der Waals surface area (Å²) in [5.41, 5.74) is 0. The molecule has 0 aromatic carbocycles. The van der Waals surface area contributed by atoms with Crippen LogP contribution in [-0.2, 0) is 14.6 Å². The molecular formula is C13H27NO3S. The van der Waals surface area contributed by atoms with Gasteiger partial charge in [0.2, 0.25) is 0 Å². The lowest BCUT2D eigenvalue weighted by molar-refractivity contribution is 0.168. The molecule has 0 aliphatic carbocycles. The van der Waals surface area contributed by atoms with Crippen LogP contribution in [0.3, 0.4) is 0 Å². The van der Waals surface area contributed by atoms with Crippen LogP contribution >= 0.6 is 0 Å². The highest BCUT2D eigenvalue weighted by Crippen LogP contribution is 2.27. The number of methoxy groups -OCH3 is 1. The molecule has 0 aromatic rings. The van der Waals surface area contributed by atoms with Crippen molar-refractivity contribution in [1.29, 1.82) is 0 Å². The van der Waals surface area contributed by atoms with Crippen LogP contribution in [0.15, 0.2) is 0 Å². The van der Waals surface area contributed by atoms with E-state index in [-0.39, 0.29) is 11.3 Å². The minimum Gasteiger partial charge on any atom is -0.385 e. The van der Waals surface area contributed by atoms with Crippen LogP contribution in [0.2, 0.25) is 0 Å². The van der Waals surface area contributed by atoms with E-state index >= 15 is 0 Å². The first-order chi connectivity index (χ1) is 8.53. The molecule has 1 rings (SSSR count). The summed E-state index contributed by atoms with van der Waals surface area (Å²) in [6, 6.07) is 0.0652. The van der Waals surface area contributed by atoms with Gasteiger partial charge in [-0.1, -0.05) is 20.3 Å². The first kappa shape index (κ1) is 15.9. The van der Waals surface area contributed by atoms with E-state index < -0.39 is 9.84 Å². The Morgan fingerprint density at radius 3 is 2.67 bits per heavy atom. The summed E-state index contributed by atoms with van der Waals surface area (Å²) in [6.45, 7) is 5.66. The van der Waals surface area contributed by atoms with Gasteiger partial charge in [0.25, 0.3) is 0 Å². The van der Waals surface area contributed by atoms with Crippen LogP contribution in [0, 0.1) is 5.92 Å². The molecule has 1 N–H and O–H groups in total. The zero-order valence-electron chi connectivity index (χ0n) is 11.8. The third-order valence-electron chi connectivity index (χ3n) is 3.86. The fourth-order valence-electron chi connectivity index (χ4n) is 2.80. The average molecular weight is 277 g/mol. The lowest BCUT2D eigenvalue weighted by Gasteiger charge is -2.34. The predicted octanol–water partition coefficient (Wildman–Crippen LogP) is 1.60. The van der Waals surface area contributed by atoms with Gasteiger partial charge in [-0.2, -0.15) is 0 Å². The second kappa shape index (κ2) is 7.46. The van der Waals surface area contributed by atoms with Crippen LogP contribution in [0.5, 0.6) is 0 Å². The van der Waals surface area contributed by atoms with E-state index in [0.717, 1.165) is 32.2 Å². The Morgan fingerprint density at radius 1 is 1.39 bits per heavy atom. The summed E-state index contributed by atoms with van der Waals surface area (Å²) in [5, 5.41) is 3.17. The molecule has 1 aliphatic rings. The van der Waals surface area contributed by atoms with Crippen molar-refractivity contribution >= 4 is 9.84 Å². The minimum absolute atomic E-state index is 0.0652. The van der Waals surface area contributed by atoms with E-state index in [4.69, 9.17) is 4.74 Å². The van der Waals surface area contributed by atoms with Crippen molar-refractivity contribution in [2.75, 3.05) is 26.0 Å². The summed E-state index contributed by atoms with van der Waals surface area (Å²) >= 11 is 0. The van der Waals surface area contributed by atoms with Crippen molar-refractivity contribution in [2.45, 2.75) is 50.8 Å². The highest BCUT2D eigenvalue weighted by molar-refractivity contribution is 7.92. The Hall–Kier alpha value is -0.130. The fraction of sp³-hybridized carbons (Fsp3) is 1.00. The van der Waals surface area contributed by atoms with Crippen LogP contribution in [0.25, 0.3) is 0 Å². The Bertz CT molecular complexity index is 329. The molecule has 18 heavy (non-hydrogen) atoms. The van der Waals surface area contributed by atoms with Gasteiger partial charge in [-0.25, -0.2) is 8.42 Å². The molecule has 0 bridgehead atoms. The van der Waals surface area contributed by atoms with Gasteiger partial charge in [0.15, 0.2) is 9.84 Å². The van der Waals surface area contributed by atoms with Gasteiger partial charge in [0.05, 0.1) is 11.0 Å². The monoisotopic (exact) mass is 277 g/mol. The summed E-state index contributed by atoms with van der Waals surface area (Å²) < 4.78 is 29.5. The maximum atomic E-state index is 12.2. The smallest absolute Gasteiger partial charge is 0.154 e. The van der Waals surface area contributed by atoms with Crippen LogP contribution in [0.1, 0.15) is 39.5 Å². The molecule has 5 heteroatoms. The SMILES string of the molecule is CCNC(C(C)CCOC)C1CCCCS1(=O)=O. The first-order valence-corrected chi connectivity index (χ1v) is 8.68. The van der Waals surface area contributed by atoms with Crippen molar-refractivity contribution in [1.82, 2.24) is 5.32 Å². The Kier molecular flexibility index (Phi) is 6.60. The average Bonchev–Trinajstić information content (AvgIpc) is 2.33. The largest absolute Gasteiger partial charge is 0.385 e. The van der Waals surface area contributed by atoms with E-state index in [1.807, 2.05) is 6.92 Å². The second-order valence-corrected chi connectivity index (χ2v) is 7.58. The van der Waals surface area contributed by atoms with Gasteiger partial charge < -0.3 is 10.1 Å². The van der Waals surface area contributed by atoms with Crippen LogP contribution in [0.4, 0.5) is 0 Å². The highest BCUT2D eigenvalue weighted by atomic mass is 32.2. The lowest BCUT2D eigenvalue weighted by atomic mass is 9.93. The number of rotatable bonds is 7. The number of hydrogen-bond donors (Lipinski definition) is 1. The molecule has 1 heterocycles. The van der Waals surface area contributed by atoms with Gasteiger partial charge in [0.1, 0.15) is 0 Å². The summed E-state index contributed by atoms with van der Waals surface area (Å²) in [5.74, 6) is 0.680. The molecular weight excluding hydrogens is 250 g/mol. The van der Waals surface area contributed by atoms with E-state index in [2.05, 4.69) is 12.2 Å². The highest BCUT2D eigenvalue weighted by Gasteiger charge is 2.37. The number of ether oxygens (including phenoxy) is 1. The van der Waals surface area contributed by atoms with Crippen molar-refractivity contribution in [2.24, 2.45) is 5.92 Å². The molecule has 3 unspecified atom stereocenters. The fourth-order valence-corrected chi connectivity index (χ4v) is 5.05. The first-order valence-electron chi connectivity index (χ1n) is 6.96. The maximum Gasteiger partial charge on any atom is 0.154 e. The molecule has 0 radical (unpaired) electrons. The summed E-state index contributed by atoms with van der Waals surface area (Å²) in [6.07, 6.45) is 3.56. The van der Waals surface area contributed by atoms with Gasteiger partial charge in [-0.05, 0) is 31.7 Å². The quantitative estimate of drug-likeness (QED) is 0.768. The molecule has 0 saturated carbocycles. The lowest BCUT2D eigenvalue weighted by Crippen LogP contribution is -2.50. The predicted molar refractivity (Wildman–Crippen MR) is 74.5 cm³/mol. The molecule has 0 spiro atoms. The molecule has 1 fully saturated rings. The van der Waals surface area contributed by atoms with Crippen molar-refractivity contribution in [3.05, 3.63) is 0 Å². The van der Waals surface area contributed by atoms with E-state index in [1.165, 1.54) is 0 Å². The van der Waals surface area contributed by atoms with Crippen molar-refractivity contribution < 1.29 is 13.2 Å². The van der Waals surface area contributed by atoms with Gasteiger partial charge in [-0.15, -0.1) is 0 Å². The summed E-state index contributed by atoms with van der Waals surface area (Å²) in [7, 11) is -1.23. The van der Waals surface area contributed by atoms with Crippen molar-refractivity contribution in [3.8, 4) is 0 Å². The number of nitrogens with one attached hydrogen (secondary N) is 1. The molecule has 1 aliphatic heterocycles. The molecule has 3 atom stereocenters. The van der Waals surface area contributed by atoms with Crippen LogP contribution < -0.4 is 5.32 Å². The standard InChI is InChI=1S/C13H27NO3S/c1-4-14-13(11(2)8-9-17-3)12-7-5-6-10-18(12,15)16/h11-14H,4-10H2,1-3H3. The topological polar surface area (TPSA) is 55.4 Å². The maximum absolute atomic E-state index is 12.2.